The number of nitro groups is 1. The Hall–Kier alpha value is -3.85. The number of aliphatic carboxylic acids is 1. The first kappa shape index (κ1) is 24.8. The number of benzene rings is 2. The van der Waals surface area contributed by atoms with Gasteiger partial charge >= 0.3 is 5.97 Å². The van der Waals surface area contributed by atoms with Crippen molar-refractivity contribution in [3.05, 3.63) is 97.7 Å². The second-order valence-corrected chi connectivity index (χ2v) is 11.0. The molecule has 8 nitrogen and oxygen atoms in total. The molecule has 0 spiro atoms. The summed E-state index contributed by atoms with van der Waals surface area (Å²) in [5.41, 5.74) is 0.0972. The molecule has 1 saturated heterocycles. The number of carbonyl (C=O) groups excluding carboxylic acids is 2. The van der Waals surface area contributed by atoms with Crippen molar-refractivity contribution in [3.63, 3.8) is 0 Å². The van der Waals surface area contributed by atoms with E-state index in [4.69, 9.17) is 0 Å². The largest absolute Gasteiger partial charge is 0.479 e. The summed E-state index contributed by atoms with van der Waals surface area (Å²) in [5, 5.41) is 23.7. The van der Waals surface area contributed by atoms with Gasteiger partial charge in [-0.1, -0.05) is 35.9 Å². The number of ketones is 1. The topological polar surface area (TPSA) is 118 Å². The summed E-state index contributed by atoms with van der Waals surface area (Å²) < 4.78 is 0. The summed E-state index contributed by atoms with van der Waals surface area (Å²) in [6.07, 6.45) is 1.38. The monoisotopic (exact) mass is 518 g/mol. The molecule has 0 bridgehead atoms. The molecule has 0 radical (unpaired) electrons. The predicted molar refractivity (Wildman–Crippen MR) is 138 cm³/mol. The number of hydrogen-bond donors (Lipinski definition) is 1. The normalized spacial score (nSPS) is 25.1. The van der Waals surface area contributed by atoms with E-state index in [2.05, 4.69) is 0 Å². The molecule has 2 fully saturated rings. The van der Waals surface area contributed by atoms with Crippen molar-refractivity contribution in [3.8, 4) is 0 Å². The van der Waals surface area contributed by atoms with Crippen LogP contribution >= 0.6 is 11.3 Å². The quantitative estimate of drug-likeness (QED) is 0.255. The molecule has 4 unspecified atom stereocenters. The maximum Gasteiger partial charge on any atom is 0.330 e. The number of hydrogen-bond acceptors (Lipinski definition) is 6. The minimum absolute atomic E-state index is 0.145. The lowest BCUT2D eigenvalue weighted by Crippen LogP contribution is -2.54. The van der Waals surface area contributed by atoms with Crippen LogP contribution in [-0.4, -0.2) is 38.1 Å². The molecular weight excluding hydrogens is 492 g/mol. The van der Waals surface area contributed by atoms with Gasteiger partial charge in [0, 0.05) is 34.4 Å². The van der Waals surface area contributed by atoms with Gasteiger partial charge in [-0.15, -0.1) is 11.3 Å². The molecule has 3 aromatic rings. The van der Waals surface area contributed by atoms with Crippen molar-refractivity contribution < 1.29 is 24.4 Å². The standard InChI is InChI=1S/C28H26N2O6S/c1-16-5-7-17(8-6-16)24-22(25(31)18-11-13-20(14-12-18)30(35)36)23(21-4-3-15-37-21)28(2,27(33)34)29(24)26(32)19-9-10-19/h3-8,11-15,19,22-24H,9-10H2,1-2H3,(H,33,34). The fourth-order valence-electron chi connectivity index (χ4n) is 5.54. The summed E-state index contributed by atoms with van der Waals surface area (Å²) in [7, 11) is 0. The Morgan fingerprint density at radius 2 is 1.70 bits per heavy atom. The molecule has 1 aromatic heterocycles. The molecule has 2 aliphatic rings. The van der Waals surface area contributed by atoms with Gasteiger partial charge in [0.1, 0.15) is 5.54 Å². The second kappa shape index (κ2) is 9.23. The van der Waals surface area contributed by atoms with Crippen LogP contribution < -0.4 is 0 Å². The molecule has 1 N–H and O–H groups in total. The van der Waals surface area contributed by atoms with E-state index in [0.29, 0.717) is 23.3 Å². The molecule has 9 heteroatoms. The molecule has 5 rings (SSSR count). The van der Waals surface area contributed by atoms with E-state index >= 15 is 0 Å². The highest BCUT2D eigenvalue weighted by Crippen LogP contribution is 2.58. The van der Waals surface area contributed by atoms with Crippen molar-refractivity contribution in [1.29, 1.82) is 0 Å². The molecule has 1 aliphatic heterocycles. The maximum absolute atomic E-state index is 14.3. The Bertz CT molecular complexity index is 1360. The minimum atomic E-state index is -1.68. The fourth-order valence-corrected chi connectivity index (χ4v) is 6.53. The van der Waals surface area contributed by atoms with Crippen molar-refractivity contribution in [1.82, 2.24) is 4.90 Å². The van der Waals surface area contributed by atoms with Crippen LogP contribution in [0.5, 0.6) is 0 Å². The van der Waals surface area contributed by atoms with E-state index in [1.807, 2.05) is 48.7 Å². The first-order chi connectivity index (χ1) is 17.6. The Morgan fingerprint density at radius 3 is 2.22 bits per heavy atom. The number of aryl methyl sites for hydroxylation is 1. The first-order valence-electron chi connectivity index (χ1n) is 12.1. The lowest BCUT2D eigenvalue weighted by Gasteiger charge is -2.37. The third-order valence-corrected chi connectivity index (χ3v) is 8.57. The number of nitrogens with zero attached hydrogens (tertiary/aromatic N) is 2. The number of carboxylic acids is 1. The van der Waals surface area contributed by atoms with Crippen LogP contribution in [0.25, 0.3) is 0 Å². The van der Waals surface area contributed by atoms with Crippen molar-refractivity contribution >= 4 is 34.7 Å². The number of amides is 1. The van der Waals surface area contributed by atoms with Crippen LogP contribution in [0.3, 0.4) is 0 Å². The van der Waals surface area contributed by atoms with E-state index in [1.165, 1.54) is 40.5 Å². The van der Waals surface area contributed by atoms with Crippen LogP contribution in [0.2, 0.25) is 0 Å². The molecule has 37 heavy (non-hydrogen) atoms. The average Bonchev–Trinajstić information content (AvgIpc) is 3.52. The highest BCUT2D eigenvalue weighted by molar-refractivity contribution is 7.10. The highest BCUT2D eigenvalue weighted by Gasteiger charge is 2.66. The van der Waals surface area contributed by atoms with Gasteiger partial charge in [-0.25, -0.2) is 4.79 Å². The average molecular weight is 519 g/mol. The Balaban J connectivity index is 1.74. The molecule has 2 aromatic carbocycles. The van der Waals surface area contributed by atoms with Crippen LogP contribution in [0.15, 0.2) is 66.0 Å². The van der Waals surface area contributed by atoms with Gasteiger partial charge in [-0.3, -0.25) is 19.7 Å². The van der Waals surface area contributed by atoms with Gasteiger partial charge in [-0.2, -0.15) is 0 Å². The van der Waals surface area contributed by atoms with Crippen LogP contribution in [-0.2, 0) is 9.59 Å². The molecule has 2 heterocycles. The molecule has 190 valence electrons. The number of likely N-dealkylation sites (tertiary alicyclic amines) is 1. The zero-order chi connectivity index (χ0) is 26.5. The zero-order valence-electron chi connectivity index (χ0n) is 20.4. The third-order valence-electron chi connectivity index (χ3n) is 7.61. The summed E-state index contributed by atoms with van der Waals surface area (Å²) in [6.45, 7) is 3.48. The van der Waals surface area contributed by atoms with Gasteiger partial charge in [-0.05, 0) is 55.8 Å². The smallest absolute Gasteiger partial charge is 0.330 e. The minimum Gasteiger partial charge on any atom is -0.479 e. The zero-order valence-corrected chi connectivity index (χ0v) is 21.2. The SMILES string of the molecule is Cc1ccc(C2C(C(=O)c3ccc([N+](=O)[O-])cc3)C(c3cccs3)C(C)(C(=O)O)N2C(=O)C2CC2)cc1. The fraction of sp³-hybridized carbons (Fsp3) is 0.321. The summed E-state index contributed by atoms with van der Waals surface area (Å²) in [4.78, 5) is 53.9. The number of carboxylic acid groups (broad SMARTS) is 1. The lowest BCUT2D eigenvalue weighted by molar-refractivity contribution is -0.384. The van der Waals surface area contributed by atoms with Crippen molar-refractivity contribution in [2.45, 2.75) is 44.2 Å². The Kier molecular flexibility index (Phi) is 6.19. The van der Waals surface area contributed by atoms with Crippen LogP contribution in [0.4, 0.5) is 5.69 Å². The number of thiophene rings is 1. The van der Waals surface area contributed by atoms with E-state index in [0.717, 1.165) is 5.56 Å². The number of rotatable bonds is 7. The number of carbonyl (C=O) groups is 3. The summed E-state index contributed by atoms with van der Waals surface area (Å²) in [6, 6.07) is 15.6. The Labute approximate surface area is 217 Å². The number of Topliss-reactive ketones (excluding diaryl/α,β-unsaturated/α-hetero) is 1. The van der Waals surface area contributed by atoms with Gasteiger partial charge in [0.15, 0.2) is 5.78 Å². The van der Waals surface area contributed by atoms with E-state index < -0.39 is 34.3 Å². The first-order valence-corrected chi connectivity index (χ1v) is 13.0. The van der Waals surface area contributed by atoms with Gasteiger partial charge in [0.05, 0.1) is 16.9 Å². The van der Waals surface area contributed by atoms with Crippen LogP contribution in [0, 0.1) is 28.9 Å². The third kappa shape index (κ3) is 4.13. The summed E-state index contributed by atoms with van der Waals surface area (Å²) >= 11 is 1.36. The van der Waals surface area contributed by atoms with E-state index in [1.54, 1.807) is 6.92 Å². The molecule has 4 atom stereocenters. The van der Waals surface area contributed by atoms with Gasteiger partial charge < -0.3 is 10.0 Å². The van der Waals surface area contributed by atoms with Gasteiger partial charge in [0.25, 0.3) is 5.69 Å². The second-order valence-electron chi connectivity index (χ2n) is 9.98. The number of nitro benzene ring substituents is 1. The molecule has 1 saturated carbocycles. The lowest BCUT2D eigenvalue weighted by atomic mass is 9.74. The van der Waals surface area contributed by atoms with Gasteiger partial charge in [0.2, 0.25) is 5.91 Å². The van der Waals surface area contributed by atoms with E-state index in [9.17, 15) is 29.6 Å². The van der Waals surface area contributed by atoms with Crippen molar-refractivity contribution in [2.24, 2.45) is 11.8 Å². The summed E-state index contributed by atoms with van der Waals surface area (Å²) in [5.74, 6) is -3.76. The molecule has 1 amide bonds. The molecular formula is C28H26N2O6S. The maximum atomic E-state index is 14.3. The van der Waals surface area contributed by atoms with Crippen molar-refractivity contribution in [2.75, 3.05) is 0 Å². The number of non-ortho nitro benzene ring substituents is 1. The van der Waals surface area contributed by atoms with E-state index in [-0.39, 0.29) is 28.9 Å². The highest BCUT2D eigenvalue weighted by atomic mass is 32.1. The predicted octanol–water partition coefficient (Wildman–Crippen LogP) is 5.38. The molecule has 1 aliphatic carbocycles. The Morgan fingerprint density at radius 1 is 1.05 bits per heavy atom. The van der Waals surface area contributed by atoms with Crippen LogP contribution in [0.1, 0.15) is 58.1 Å².